The fraction of sp³-hybridized carbons (Fsp3) is 0.0714. The minimum absolute atomic E-state index is 1.08. The Morgan fingerprint density at radius 1 is 0.567 bits per heavy atom. The van der Waals surface area contributed by atoms with Gasteiger partial charge in [0.15, 0.2) is 0 Å². The molecule has 0 saturated carbocycles. The lowest BCUT2D eigenvalue weighted by molar-refractivity contribution is 1.14. The van der Waals surface area contributed by atoms with Gasteiger partial charge in [-0.25, -0.2) is 0 Å². The summed E-state index contributed by atoms with van der Waals surface area (Å²) in [5, 5.41) is 8.71. The summed E-state index contributed by atoms with van der Waals surface area (Å²) in [5.74, 6) is 0. The second-order valence-electron chi connectivity index (χ2n) is 7.78. The molecule has 0 atom stereocenters. The third-order valence-corrected chi connectivity index (χ3v) is 5.63. The molecule has 2 heteroatoms. The quantitative estimate of drug-likeness (QED) is 0.343. The molecule has 0 aliphatic carbocycles. The van der Waals surface area contributed by atoms with Crippen molar-refractivity contribution in [1.82, 2.24) is 0 Å². The van der Waals surface area contributed by atoms with Gasteiger partial charge in [0.05, 0.1) is 11.4 Å². The van der Waals surface area contributed by atoms with Gasteiger partial charge in [0, 0.05) is 25.2 Å². The summed E-state index contributed by atoms with van der Waals surface area (Å²) < 4.78 is 0. The molecule has 0 unspecified atom stereocenters. The predicted molar refractivity (Wildman–Crippen MR) is 131 cm³/mol. The molecular weight excluding hydrogens is 364 g/mol. The number of nitrogens with zero attached hydrogens (tertiary/aromatic N) is 1. The summed E-state index contributed by atoms with van der Waals surface area (Å²) in [7, 11) is 4.19. The van der Waals surface area contributed by atoms with Crippen molar-refractivity contribution in [2.45, 2.75) is 0 Å². The lowest BCUT2D eigenvalue weighted by Gasteiger charge is -2.22. The zero-order valence-corrected chi connectivity index (χ0v) is 17.3. The average Bonchev–Trinajstić information content (AvgIpc) is 2.79. The van der Waals surface area contributed by atoms with Gasteiger partial charge < -0.3 is 10.2 Å². The molecule has 0 radical (unpaired) electrons. The Bertz CT molecular complexity index is 1330. The molecule has 1 N–H and O–H groups in total. The van der Waals surface area contributed by atoms with E-state index in [2.05, 4.69) is 121 Å². The minimum atomic E-state index is 1.08. The number of para-hydroxylation sites is 1. The SMILES string of the molecule is CN(C)c1ccc2cccc(-c3cccc4ccccc34)c2c1Nc1ccccc1. The second kappa shape index (κ2) is 7.57. The summed E-state index contributed by atoms with van der Waals surface area (Å²) in [6.07, 6.45) is 0. The smallest absolute Gasteiger partial charge is 0.0707 e. The Balaban J connectivity index is 1.84. The maximum absolute atomic E-state index is 3.71. The fourth-order valence-electron chi connectivity index (χ4n) is 4.22. The molecule has 0 bridgehead atoms. The van der Waals surface area contributed by atoms with Crippen molar-refractivity contribution >= 4 is 38.6 Å². The van der Waals surface area contributed by atoms with Crippen LogP contribution in [0.15, 0.2) is 103 Å². The van der Waals surface area contributed by atoms with E-state index >= 15 is 0 Å². The summed E-state index contributed by atoms with van der Waals surface area (Å²) in [4.78, 5) is 2.17. The predicted octanol–water partition coefficient (Wildman–Crippen LogP) is 7.47. The number of fused-ring (bicyclic) bond motifs is 2. The van der Waals surface area contributed by atoms with Gasteiger partial charge in [-0.05, 0) is 45.5 Å². The number of benzene rings is 5. The zero-order valence-electron chi connectivity index (χ0n) is 17.3. The minimum Gasteiger partial charge on any atom is -0.376 e. The third-order valence-electron chi connectivity index (χ3n) is 5.63. The van der Waals surface area contributed by atoms with E-state index in [1.165, 1.54) is 38.4 Å². The molecular formula is C28H24N2. The van der Waals surface area contributed by atoms with Gasteiger partial charge in [-0.15, -0.1) is 0 Å². The average molecular weight is 389 g/mol. The van der Waals surface area contributed by atoms with E-state index in [0.29, 0.717) is 0 Å². The zero-order chi connectivity index (χ0) is 20.5. The van der Waals surface area contributed by atoms with Crippen molar-refractivity contribution in [3.8, 4) is 11.1 Å². The van der Waals surface area contributed by atoms with Crippen LogP contribution in [-0.4, -0.2) is 14.1 Å². The lowest BCUT2D eigenvalue weighted by Crippen LogP contribution is -2.11. The van der Waals surface area contributed by atoms with Crippen molar-refractivity contribution in [2.24, 2.45) is 0 Å². The van der Waals surface area contributed by atoms with Crippen LogP contribution in [0.2, 0.25) is 0 Å². The number of anilines is 3. The highest BCUT2D eigenvalue weighted by molar-refractivity contribution is 6.13. The summed E-state index contributed by atoms with van der Waals surface area (Å²) in [6.45, 7) is 0. The van der Waals surface area contributed by atoms with Gasteiger partial charge in [-0.2, -0.15) is 0 Å². The van der Waals surface area contributed by atoms with E-state index in [0.717, 1.165) is 11.4 Å². The molecule has 5 aromatic rings. The Kier molecular flexibility index (Phi) is 4.61. The van der Waals surface area contributed by atoms with E-state index in [1.807, 2.05) is 6.07 Å². The van der Waals surface area contributed by atoms with Gasteiger partial charge >= 0.3 is 0 Å². The Morgan fingerprint density at radius 3 is 2.03 bits per heavy atom. The van der Waals surface area contributed by atoms with Crippen LogP contribution in [-0.2, 0) is 0 Å². The molecule has 0 spiro atoms. The van der Waals surface area contributed by atoms with E-state index in [4.69, 9.17) is 0 Å². The highest BCUT2D eigenvalue weighted by Gasteiger charge is 2.15. The van der Waals surface area contributed by atoms with E-state index in [1.54, 1.807) is 0 Å². The largest absolute Gasteiger partial charge is 0.376 e. The number of hydrogen-bond acceptors (Lipinski definition) is 2. The molecule has 5 rings (SSSR count). The van der Waals surface area contributed by atoms with Crippen LogP contribution in [0.3, 0.4) is 0 Å². The van der Waals surface area contributed by atoms with Crippen molar-refractivity contribution in [2.75, 3.05) is 24.3 Å². The monoisotopic (exact) mass is 388 g/mol. The lowest BCUT2D eigenvalue weighted by atomic mass is 9.92. The van der Waals surface area contributed by atoms with Crippen molar-refractivity contribution in [3.05, 3.63) is 103 Å². The van der Waals surface area contributed by atoms with Gasteiger partial charge in [-0.3, -0.25) is 0 Å². The molecule has 5 aromatic carbocycles. The van der Waals surface area contributed by atoms with E-state index in [9.17, 15) is 0 Å². The van der Waals surface area contributed by atoms with Crippen LogP contribution in [0, 0.1) is 0 Å². The first-order valence-corrected chi connectivity index (χ1v) is 10.3. The van der Waals surface area contributed by atoms with Gasteiger partial charge in [0.2, 0.25) is 0 Å². The molecule has 0 aliphatic rings. The molecule has 0 fully saturated rings. The topological polar surface area (TPSA) is 15.3 Å². The van der Waals surface area contributed by atoms with Gasteiger partial charge in [0.1, 0.15) is 0 Å². The van der Waals surface area contributed by atoms with Crippen molar-refractivity contribution < 1.29 is 0 Å². The number of hydrogen-bond donors (Lipinski definition) is 1. The Hall–Kier alpha value is -3.78. The summed E-state index contributed by atoms with van der Waals surface area (Å²) in [6, 6.07) is 36.6. The molecule has 146 valence electrons. The maximum Gasteiger partial charge on any atom is 0.0707 e. The standard InChI is InChI=1S/C28H24N2/c1-30(2)26-19-18-21-12-9-17-25(24-16-8-11-20-10-6-7-15-23(20)24)27(21)28(26)29-22-13-4-3-5-14-22/h3-19,29H,1-2H3. The molecule has 0 amide bonds. The van der Waals surface area contributed by atoms with E-state index in [-0.39, 0.29) is 0 Å². The first-order valence-electron chi connectivity index (χ1n) is 10.3. The third kappa shape index (κ3) is 3.17. The molecule has 2 nitrogen and oxygen atoms in total. The molecule has 30 heavy (non-hydrogen) atoms. The first kappa shape index (κ1) is 18.3. The highest BCUT2D eigenvalue weighted by atomic mass is 15.1. The Labute approximate surface area is 177 Å². The van der Waals surface area contributed by atoms with Crippen LogP contribution in [0.1, 0.15) is 0 Å². The summed E-state index contributed by atoms with van der Waals surface area (Å²) >= 11 is 0. The molecule has 0 heterocycles. The Morgan fingerprint density at radius 2 is 1.23 bits per heavy atom. The first-order chi connectivity index (χ1) is 14.7. The van der Waals surface area contributed by atoms with Crippen LogP contribution >= 0.6 is 0 Å². The molecule has 0 saturated heterocycles. The van der Waals surface area contributed by atoms with Crippen LogP contribution in [0.25, 0.3) is 32.7 Å². The van der Waals surface area contributed by atoms with Crippen molar-refractivity contribution in [1.29, 1.82) is 0 Å². The number of rotatable bonds is 4. The van der Waals surface area contributed by atoms with Crippen LogP contribution in [0.5, 0.6) is 0 Å². The van der Waals surface area contributed by atoms with Gasteiger partial charge in [0.25, 0.3) is 0 Å². The second-order valence-corrected chi connectivity index (χ2v) is 7.78. The van der Waals surface area contributed by atoms with Crippen LogP contribution < -0.4 is 10.2 Å². The molecule has 0 aliphatic heterocycles. The summed E-state index contributed by atoms with van der Waals surface area (Å²) in [5.41, 5.74) is 5.88. The maximum atomic E-state index is 3.71. The fourth-order valence-corrected chi connectivity index (χ4v) is 4.22. The van der Waals surface area contributed by atoms with E-state index < -0.39 is 0 Å². The molecule has 0 aromatic heterocycles. The number of nitrogens with one attached hydrogen (secondary N) is 1. The van der Waals surface area contributed by atoms with Crippen molar-refractivity contribution in [3.63, 3.8) is 0 Å². The highest BCUT2D eigenvalue weighted by Crippen LogP contribution is 2.42. The van der Waals surface area contributed by atoms with Gasteiger partial charge in [-0.1, -0.05) is 84.9 Å². The van der Waals surface area contributed by atoms with Crippen LogP contribution in [0.4, 0.5) is 17.1 Å². The normalized spacial score (nSPS) is 11.0.